The summed E-state index contributed by atoms with van der Waals surface area (Å²) in [4.78, 5) is 25.1. The molecule has 0 radical (unpaired) electrons. The minimum atomic E-state index is -0.736. The van der Waals surface area contributed by atoms with Crippen LogP contribution in [0.25, 0.3) is 0 Å². The van der Waals surface area contributed by atoms with Gasteiger partial charge in [-0.15, -0.1) is 0 Å². The standard InChI is InChI=1S/C16H22N4O3/c1-3-23-16(20-9-8-17-15(20)22)6-4-12(5-7-16)14-11(2)10-13(21)18-19-14/h4-6,11H,3,7-10H2,1-2H3,(H,17,22)(H,18,21). The second-order valence-corrected chi connectivity index (χ2v) is 6.00. The molecule has 2 unspecified atom stereocenters. The summed E-state index contributed by atoms with van der Waals surface area (Å²) in [5.41, 5.74) is 3.65. The van der Waals surface area contributed by atoms with Gasteiger partial charge in [0.15, 0.2) is 5.72 Å². The minimum absolute atomic E-state index is 0.0564. The van der Waals surface area contributed by atoms with Gasteiger partial charge >= 0.3 is 6.03 Å². The van der Waals surface area contributed by atoms with Gasteiger partial charge in [-0.1, -0.05) is 19.1 Å². The molecule has 0 bridgehead atoms. The van der Waals surface area contributed by atoms with Crippen LogP contribution in [0.4, 0.5) is 4.79 Å². The molecule has 2 heterocycles. The first-order chi connectivity index (χ1) is 11.1. The number of allylic oxidation sites excluding steroid dienone is 2. The van der Waals surface area contributed by atoms with Crippen molar-refractivity contribution in [1.82, 2.24) is 15.6 Å². The third-order valence-corrected chi connectivity index (χ3v) is 4.40. The Balaban J connectivity index is 1.82. The molecule has 1 aliphatic carbocycles. The van der Waals surface area contributed by atoms with Gasteiger partial charge in [0.1, 0.15) is 0 Å². The molecule has 1 fully saturated rings. The summed E-state index contributed by atoms with van der Waals surface area (Å²) < 4.78 is 5.93. The third kappa shape index (κ3) is 2.88. The van der Waals surface area contributed by atoms with Crippen molar-refractivity contribution >= 4 is 17.6 Å². The van der Waals surface area contributed by atoms with Crippen LogP contribution >= 0.6 is 0 Å². The van der Waals surface area contributed by atoms with Crippen molar-refractivity contribution in [3.63, 3.8) is 0 Å². The molecular formula is C16H22N4O3. The summed E-state index contributed by atoms with van der Waals surface area (Å²) in [7, 11) is 0. The van der Waals surface area contributed by atoms with E-state index in [1.807, 2.05) is 32.1 Å². The van der Waals surface area contributed by atoms with E-state index in [1.54, 1.807) is 4.90 Å². The van der Waals surface area contributed by atoms with Crippen LogP contribution in [0.15, 0.2) is 28.9 Å². The fourth-order valence-electron chi connectivity index (χ4n) is 3.27. The van der Waals surface area contributed by atoms with Gasteiger partial charge in [0.25, 0.3) is 0 Å². The van der Waals surface area contributed by atoms with Crippen LogP contribution in [0.1, 0.15) is 26.7 Å². The second-order valence-electron chi connectivity index (χ2n) is 6.00. The van der Waals surface area contributed by atoms with Gasteiger partial charge in [-0.3, -0.25) is 9.69 Å². The number of rotatable bonds is 4. The molecule has 0 saturated carbocycles. The number of ether oxygens (including phenoxy) is 1. The Morgan fingerprint density at radius 3 is 2.87 bits per heavy atom. The van der Waals surface area contributed by atoms with E-state index in [2.05, 4.69) is 15.8 Å². The van der Waals surface area contributed by atoms with Gasteiger partial charge in [-0.25, -0.2) is 10.2 Å². The van der Waals surface area contributed by atoms with Crippen molar-refractivity contribution in [2.45, 2.75) is 32.4 Å². The maximum atomic E-state index is 12.0. The molecule has 2 N–H and O–H groups in total. The van der Waals surface area contributed by atoms with E-state index in [0.29, 0.717) is 32.5 Å². The summed E-state index contributed by atoms with van der Waals surface area (Å²) in [6, 6.07) is -0.101. The molecule has 2 aliphatic heterocycles. The molecular weight excluding hydrogens is 296 g/mol. The van der Waals surface area contributed by atoms with E-state index < -0.39 is 5.72 Å². The lowest BCUT2D eigenvalue weighted by Crippen LogP contribution is -2.51. The number of nitrogens with one attached hydrogen (secondary N) is 2. The fraction of sp³-hybridized carbons (Fsp3) is 0.562. The largest absolute Gasteiger partial charge is 0.352 e. The van der Waals surface area contributed by atoms with Gasteiger partial charge in [-0.2, -0.15) is 5.10 Å². The molecule has 0 aromatic carbocycles. The lowest BCUT2D eigenvalue weighted by atomic mass is 9.88. The van der Waals surface area contributed by atoms with Gasteiger partial charge in [0.2, 0.25) is 5.91 Å². The van der Waals surface area contributed by atoms with Crippen molar-refractivity contribution in [2.75, 3.05) is 19.7 Å². The van der Waals surface area contributed by atoms with E-state index in [-0.39, 0.29) is 17.9 Å². The summed E-state index contributed by atoms with van der Waals surface area (Å²) in [5, 5.41) is 7.00. The summed E-state index contributed by atoms with van der Waals surface area (Å²) in [6.07, 6.45) is 6.92. The molecule has 3 aliphatic rings. The highest BCUT2D eigenvalue weighted by Crippen LogP contribution is 2.32. The number of carbonyl (C=O) groups is 2. The lowest BCUT2D eigenvalue weighted by Gasteiger charge is -2.39. The maximum Gasteiger partial charge on any atom is 0.320 e. The topological polar surface area (TPSA) is 83.0 Å². The normalized spacial score (nSPS) is 30.7. The van der Waals surface area contributed by atoms with Gasteiger partial charge in [0.05, 0.1) is 5.71 Å². The fourth-order valence-corrected chi connectivity index (χ4v) is 3.27. The van der Waals surface area contributed by atoms with Crippen LogP contribution in [-0.4, -0.2) is 48.0 Å². The van der Waals surface area contributed by atoms with E-state index in [0.717, 1.165) is 11.3 Å². The predicted molar refractivity (Wildman–Crippen MR) is 85.7 cm³/mol. The van der Waals surface area contributed by atoms with Crippen molar-refractivity contribution < 1.29 is 14.3 Å². The molecule has 1 saturated heterocycles. The Labute approximate surface area is 135 Å². The van der Waals surface area contributed by atoms with E-state index >= 15 is 0 Å². The van der Waals surface area contributed by atoms with E-state index in [9.17, 15) is 9.59 Å². The zero-order chi connectivity index (χ0) is 16.4. The zero-order valence-electron chi connectivity index (χ0n) is 13.5. The molecule has 0 aromatic heterocycles. The SMILES string of the molecule is CCOC1(N2CCNC2=O)C=CC(C2=NNC(=O)CC2C)=CC1. The highest BCUT2D eigenvalue weighted by molar-refractivity contribution is 6.07. The molecule has 7 nitrogen and oxygen atoms in total. The average Bonchev–Trinajstić information content (AvgIpc) is 2.96. The molecule has 2 atom stereocenters. The Bertz CT molecular complexity index is 610. The third-order valence-electron chi connectivity index (χ3n) is 4.40. The van der Waals surface area contributed by atoms with Crippen molar-refractivity contribution in [3.8, 4) is 0 Å². The number of carbonyl (C=O) groups excluding carboxylic acids is 2. The number of amides is 3. The Kier molecular flexibility index (Phi) is 4.21. The Hall–Kier alpha value is -2.15. The van der Waals surface area contributed by atoms with Crippen LogP contribution in [0, 0.1) is 5.92 Å². The highest BCUT2D eigenvalue weighted by Gasteiger charge is 2.41. The summed E-state index contributed by atoms with van der Waals surface area (Å²) in [6.45, 7) is 5.69. The Morgan fingerprint density at radius 1 is 1.48 bits per heavy atom. The lowest BCUT2D eigenvalue weighted by molar-refractivity contribution is -0.121. The van der Waals surface area contributed by atoms with Crippen LogP contribution in [0.3, 0.4) is 0 Å². The average molecular weight is 318 g/mol. The number of hydrogen-bond donors (Lipinski definition) is 2. The predicted octanol–water partition coefficient (Wildman–Crippen LogP) is 1.14. The van der Waals surface area contributed by atoms with Crippen LogP contribution in [0.5, 0.6) is 0 Å². The molecule has 23 heavy (non-hydrogen) atoms. The number of urea groups is 1. The monoisotopic (exact) mass is 318 g/mol. The summed E-state index contributed by atoms with van der Waals surface area (Å²) in [5.74, 6) is 0.0216. The van der Waals surface area contributed by atoms with Crippen LogP contribution in [0.2, 0.25) is 0 Å². The smallest absolute Gasteiger partial charge is 0.320 e. The zero-order valence-corrected chi connectivity index (χ0v) is 13.5. The first-order valence-corrected chi connectivity index (χ1v) is 8.01. The van der Waals surface area contributed by atoms with Crippen molar-refractivity contribution in [2.24, 2.45) is 11.0 Å². The minimum Gasteiger partial charge on any atom is -0.352 e. The quantitative estimate of drug-likeness (QED) is 0.815. The first kappa shape index (κ1) is 15.7. The first-order valence-electron chi connectivity index (χ1n) is 8.01. The molecule has 3 rings (SSSR count). The van der Waals surface area contributed by atoms with Crippen LogP contribution in [-0.2, 0) is 9.53 Å². The van der Waals surface area contributed by atoms with Gasteiger partial charge in [0, 0.05) is 38.5 Å². The Morgan fingerprint density at radius 2 is 2.30 bits per heavy atom. The number of nitrogens with zero attached hydrogens (tertiary/aromatic N) is 2. The van der Waals surface area contributed by atoms with Crippen molar-refractivity contribution in [3.05, 3.63) is 23.8 Å². The molecule has 3 amide bonds. The molecule has 7 heteroatoms. The van der Waals surface area contributed by atoms with Gasteiger partial charge < -0.3 is 10.1 Å². The number of hydrazone groups is 1. The molecule has 0 aromatic rings. The van der Waals surface area contributed by atoms with E-state index in [1.165, 1.54) is 0 Å². The summed E-state index contributed by atoms with van der Waals surface area (Å²) >= 11 is 0. The van der Waals surface area contributed by atoms with Crippen LogP contribution < -0.4 is 10.7 Å². The second kappa shape index (κ2) is 6.16. The molecule has 124 valence electrons. The molecule has 0 spiro atoms. The van der Waals surface area contributed by atoms with E-state index in [4.69, 9.17) is 4.74 Å². The number of hydrogen-bond acceptors (Lipinski definition) is 4. The van der Waals surface area contributed by atoms with Crippen molar-refractivity contribution in [1.29, 1.82) is 0 Å². The highest BCUT2D eigenvalue weighted by atomic mass is 16.5. The van der Waals surface area contributed by atoms with Gasteiger partial charge in [-0.05, 0) is 18.6 Å². The maximum absolute atomic E-state index is 12.0.